The van der Waals surface area contributed by atoms with Crippen molar-refractivity contribution in [3.8, 4) is 0 Å². The number of nitrogens with zero attached hydrogens (tertiary/aromatic N) is 3. The van der Waals surface area contributed by atoms with Gasteiger partial charge in [-0.05, 0) is 58.1 Å². The molecule has 5 aromatic carbocycles. The van der Waals surface area contributed by atoms with E-state index in [-0.39, 0.29) is 41.1 Å². The number of ether oxygens (including phenoxy) is 3. The van der Waals surface area contributed by atoms with Crippen molar-refractivity contribution in [2.24, 2.45) is 5.16 Å². The number of thiazole rings is 1. The van der Waals surface area contributed by atoms with Crippen molar-refractivity contribution in [3.05, 3.63) is 213 Å². The van der Waals surface area contributed by atoms with Gasteiger partial charge in [0.2, 0.25) is 11.5 Å². The van der Waals surface area contributed by atoms with Crippen molar-refractivity contribution >= 4 is 81.6 Å². The third-order valence-electron chi connectivity index (χ3n) is 11.7. The molecule has 20 heteroatoms. The molecule has 79 heavy (non-hydrogen) atoms. The van der Waals surface area contributed by atoms with Crippen LogP contribution in [0.5, 0.6) is 0 Å². The van der Waals surface area contributed by atoms with Gasteiger partial charge in [-0.15, -0.1) is 23.1 Å². The molecule has 6 aromatic rings. The molecular formula is C59H59N7O10S3. The maximum atomic E-state index is 15.0. The van der Waals surface area contributed by atoms with Crippen LogP contribution in [-0.4, -0.2) is 92.9 Å². The molecule has 1 unspecified atom stereocenters. The molecule has 1 fully saturated rings. The highest BCUT2D eigenvalue weighted by Crippen LogP contribution is 2.45. The molecule has 2 aliphatic rings. The average molecular weight is 1120 g/mol. The van der Waals surface area contributed by atoms with E-state index < -0.39 is 70.2 Å². The van der Waals surface area contributed by atoms with Crippen LogP contribution in [0, 0.1) is 0 Å². The molecule has 3 heterocycles. The summed E-state index contributed by atoms with van der Waals surface area (Å²) in [6, 6.07) is 45.6. The summed E-state index contributed by atoms with van der Waals surface area (Å²) < 4.78 is 17.0. The second kappa shape index (κ2) is 25.5. The molecule has 17 nitrogen and oxygen atoms in total. The van der Waals surface area contributed by atoms with Crippen molar-refractivity contribution < 1.29 is 47.8 Å². The Kier molecular flexibility index (Phi) is 18.4. The zero-order chi connectivity index (χ0) is 56.2. The summed E-state index contributed by atoms with van der Waals surface area (Å²) in [5.41, 5.74) is 0.221. The summed E-state index contributed by atoms with van der Waals surface area (Å²) in [5, 5.41) is 17.8. The average Bonchev–Trinajstić information content (AvgIpc) is 4.02. The fourth-order valence-corrected chi connectivity index (χ4v) is 11.3. The lowest BCUT2D eigenvalue weighted by atomic mass is 9.80. The number of β-lactam (4-membered cyclic amide) rings is 1. The Bertz CT molecular complexity index is 3080. The van der Waals surface area contributed by atoms with Crippen LogP contribution in [0.3, 0.4) is 0 Å². The fourth-order valence-electron chi connectivity index (χ4n) is 8.33. The van der Waals surface area contributed by atoms with Gasteiger partial charge in [0.05, 0.1) is 0 Å². The predicted octanol–water partition coefficient (Wildman–Crippen LogP) is 10.0. The van der Waals surface area contributed by atoms with E-state index in [1.807, 2.05) is 152 Å². The highest BCUT2D eigenvalue weighted by Gasteiger charge is 2.55. The van der Waals surface area contributed by atoms with Gasteiger partial charge < -0.3 is 35.0 Å². The number of carbonyl (C=O) groups excluding carboxylic acids is 6. The van der Waals surface area contributed by atoms with Gasteiger partial charge in [-0.2, -0.15) is 0 Å². The molecule has 0 radical (unpaired) electrons. The van der Waals surface area contributed by atoms with Gasteiger partial charge in [-0.1, -0.05) is 175 Å². The quantitative estimate of drug-likeness (QED) is 0.0149. The Morgan fingerprint density at radius 1 is 0.734 bits per heavy atom. The highest BCUT2D eigenvalue weighted by molar-refractivity contribution is 8.08. The lowest BCUT2D eigenvalue weighted by Gasteiger charge is -2.49. The Morgan fingerprint density at radius 2 is 1.25 bits per heavy atom. The van der Waals surface area contributed by atoms with Crippen molar-refractivity contribution in [1.82, 2.24) is 25.8 Å². The van der Waals surface area contributed by atoms with E-state index in [0.717, 1.165) is 11.3 Å². The van der Waals surface area contributed by atoms with Gasteiger partial charge >= 0.3 is 18.2 Å². The number of esters is 1. The first-order chi connectivity index (χ1) is 37.9. The van der Waals surface area contributed by atoms with Crippen molar-refractivity contribution in [1.29, 1.82) is 0 Å². The Labute approximate surface area is 470 Å². The molecule has 0 saturated carbocycles. The number of carbonyl (C=O) groups is 6. The first kappa shape index (κ1) is 57.0. The van der Waals surface area contributed by atoms with Gasteiger partial charge in [0.15, 0.2) is 16.9 Å². The van der Waals surface area contributed by atoms with Gasteiger partial charge in [0.25, 0.3) is 11.8 Å². The Hall–Kier alpha value is -8.20. The van der Waals surface area contributed by atoms with E-state index in [1.54, 1.807) is 53.0 Å². The molecule has 4 N–H and O–H groups in total. The molecule has 8 rings (SSSR count). The second-order valence-electron chi connectivity index (χ2n) is 19.9. The Balaban J connectivity index is 1.10. The molecule has 408 valence electrons. The molecule has 0 bridgehead atoms. The lowest BCUT2D eigenvalue weighted by Crippen LogP contribution is -2.71. The first-order valence-corrected chi connectivity index (χ1v) is 27.9. The topological polar surface area (TPSA) is 216 Å². The van der Waals surface area contributed by atoms with Crippen LogP contribution in [0.15, 0.2) is 184 Å². The molecule has 1 saturated heterocycles. The van der Waals surface area contributed by atoms with E-state index in [9.17, 15) is 24.0 Å². The van der Waals surface area contributed by atoms with Crippen LogP contribution >= 0.6 is 34.9 Å². The summed E-state index contributed by atoms with van der Waals surface area (Å²) in [6.45, 7) is 10.1. The number of alkyl carbamates (subject to hydrolysis) is 1. The monoisotopic (exact) mass is 1120 g/mol. The van der Waals surface area contributed by atoms with Crippen molar-refractivity contribution in [2.45, 2.75) is 75.9 Å². The van der Waals surface area contributed by atoms with E-state index in [2.05, 4.69) is 31.4 Å². The van der Waals surface area contributed by atoms with Gasteiger partial charge in [-0.3, -0.25) is 24.6 Å². The van der Waals surface area contributed by atoms with E-state index in [1.165, 1.54) is 33.8 Å². The van der Waals surface area contributed by atoms with Crippen molar-refractivity contribution in [3.63, 3.8) is 0 Å². The SMILES string of the molecule is CC(C)(C)OC(=O)NCC(=O)NC/C=C\SC1=C(C(=O)OC(c2ccccc2)c2ccccc2)N2C(=O)C(NC(=O)/C(=N\OC(c3ccccc3)(c3ccccc3)c3ccccc3)c3csc(NC(=O)OC(C)(C)C)n3)[C@H]2SC1. The number of aromatic nitrogens is 1. The number of anilines is 1. The van der Waals surface area contributed by atoms with Crippen LogP contribution in [0.4, 0.5) is 14.7 Å². The molecule has 1 aromatic heterocycles. The highest BCUT2D eigenvalue weighted by atomic mass is 32.2. The van der Waals surface area contributed by atoms with E-state index in [0.29, 0.717) is 32.7 Å². The maximum Gasteiger partial charge on any atom is 0.413 e. The first-order valence-electron chi connectivity index (χ1n) is 25.1. The minimum Gasteiger partial charge on any atom is -0.448 e. The molecule has 5 amide bonds. The summed E-state index contributed by atoms with van der Waals surface area (Å²) in [4.78, 5) is 95.2. The zero-order valence-corrected chi connectivity index (χ0v) is 46.6. The number of hydrogen-bond donors (Lipinski definition) is 4. The zero-order valence-electron chi connectivity index (χ0n) is 44.2. The third kappa shape index (κ3) is 14.5. The van der Waals surface area contributed by atoms with E-state index >= 15 is 4.79 Å². The molecule has 2 atom stereocenters. The van der Waals surface area contributed by atoms with Crippen molar-refractivity contribution in [2.75, 3.05) is 24.2 Å². The summed E-state index contributed by atoms with van der Waals surface area (Å²) in [5.74, 6) is -2.44. The van der Waals surface area contributed by atoms with Gasteiger partial charge in [0.1, 0.15) is 40.6 Å². The number of nitrogens with one attached hydrogen (secondary N) is 4. The molecular weight excluding hydrogens is 1060 g/mol. The molecule has 0 aliphatic carbocycles. The minimum absolute atomic E-state index is 0.00990. The molecule has 2 aliphatic heterocycles. The summed E-state index contributed by atoms with van der Waals surface area (Å²) >= 11 is 3.52. The largest absolute Gasteiger partial charge is 0.448 e. The van der Waals surface area contributed by atoms with Crippen LogP contribution in [0.1, 0.15) is 81.2 Å². The van der Waals surface area contributed by atoms with Gasteiger partial charge in [0, 0.05) is 39.3 Å². The fraction of sp³-hybridized carbons (Fsp3) is 0.254. The number of thioether (sulfide) groups is 2. The summed E-state index contributed by atoms with van der Waals surface area (Å²) in [7, 11) is 0. The summed E-state index contributed by atoms with van der Waals surface area (Å²) in [6.07, 6.45) is -0.674. The van der Waals surface area contributed by atoms with Crippen LogP contribution in [0.25, 0.3) is 0 Å². The normalized spacial score (nSPS) is 15.6. The third-order valence-corrected chi connectivity index (χ3v) is 14.9. The number of oxime groups is 1. The maximum absolute atomic E-state index is 15.0. The number of hydrogen-bond acceptors (Lipinski definition) is 15. The number of fused-ring (bicyclic) bond motifs is 1. The predicted molar refractivity (Wildman–Crippen MR) is 306 cm³/mol. The van der Waals surface area contributed by atoms with Gasteiger partial charge in [-0.25, -0.2) is 19.4 Å². The van der Waals surface area contributed by atoms with Crippen LogP contribution < -0.4 is 21.3 Å². The Morgan fingerprint density at radius 3 is 1.78 bits per heavy atom. The smallest absolute Gasteiger partial charge is 0.413 e. The lowest BCUT2D eigenvalue weighted by molar-refractivity contribution is -0.154. The van der Waals surface area contributed by atoms with E-state index in [4.69, 9.17) is 19.0 Å². The molecule has 0 spiro atoms. The van der Waals surface area contributed by atoms with Crippen LogP contribution in [0.2, 0.25) is 0 Å². The number of rotatable bonds is 19. The number of amides is 5. The standard InChI is InChI=1S/C59H59N7O10S3/c1-57(2,3)74-55(71)61-35-45(67)60-33-22-34-77-44-37-78-52-47(51(69)66(52)48(44)53(70)73-49(38-23-12-7-13-24-38)39-25-14-8-15-26-39)63-50(68)46(43-36-79-54(62-43)64-56(72)75-58(4,5)6)65-76-59(40-27-16-9-17-28-40,41-29-18-10-19-30-41)42-31-20-11-21-32-42/h7-32,34,36,47,49,52H,33,35,37H2,1-6H3,(H,60,67)(H,61,71)(H,63,68)(H,62,64,72)/b34-22-,65-46-/t47?,52-/m1/s1. The number of benzene rings is 5. The second-order valence-corrected chi connectivity index (χ2v) is 22.8. The minimum atomic E-state index is -1.42. The van der Waals surface area contributed by atoms with Crippen LogP contribution in [-0.2, 0) is 43.8 Å².